The summed E-state index contributed by atoms with van der Waals surface area (Å²) >= 11 is 0. The summed E-state index contributed by atoms with van der Waals surface area (Å²) in [7, 11) is 0. The van der Waals surface area contributed by atoms with Crippen molar-refractivity contribution < 1.29 is 28.6 Å². The molecule has 378 valence electrons. The van der Waals surface area contributed by atoms with Crippen molar-refractivity contribution in [2.75, 3.05) is 13.2 Å². The SMILES string of the molecule is CC/C=C\C/C=C\C/C=C\C/C=C\C/C=C\CCCCCCCC(=O)OCC(COC(=O)CCCCCCCCCCCC)OC(=O)CCCCCCCCC/C=C\C/C=C\CCCCC. The van der Waals surface area contributed by atoms with Gasteiger partial charge in [-0.1, -0.05) is 228 Å². The van der Waals surface area contributed by atoms with Gasteiger partial charge < -0.3 is 14.2 Å². The molecule has 0 bridgehead atoms. The molecule has 0 heterocycles. The van der Waals surface area contributed by atoms with E-state index in [1.54, 1.807) is 0 Å². The van der Waals surface area contributed by atoms with Crippen LogP contribution in [0.4, 0.5) is 0 Å². The standard InChI is InChI=1S/C60H102O6/c1-4-7-10-13-16-19-22-24-26-28-29-30-31-33-34-36-38-41-44-47-50-53-59(62)65-56-57(55-64-58(61)52-49-46-43-40-21-18-15-12-9-6-3)66-60(63)54-51-48-45-42-39-37-35-32-27-25-23-20-17-14-11-8-5-2/h7,10,16-17,19-20,24-27,29-30,33-34,57H,4-6,8-9,11-15,18,21-23,28,31-32,35-56H2,1-3H3/b10-7-,19-16-,20-17-,26-24-,27-25-,30-29-,34-33-. The summed E-state index contributed by atoms with van der Waals surface area (Å²) in [5.74, 6) is -0.911. The molecule has 0 aliphatic carbocycles. The molecule has 1 atom stereocenters. The third-order valence-electron chi connectivity index (χ3n) is 11.6. The van der Waals surface area contributed by atoms with Gasteiger partial charge in [-0.15, -0.1) is 0 Å². The van der Waals surface area contributed by atoms with Crippen LogP contribution in [0.5, 0.6) is 0 Å². The van der Waals surface area contributed by atoms with Crippen LogP contribution in [0, 0.1) is 0 Å². The molecule has 6 nitrogen and oxygen atoms in total. The van der Waals surface area contributed by atoms with Crippen molar-refractivity contribution in [3.63, 3.8) is 0 Å². The molecule has 0 aromatic heterocycles. The lowest BCUT2D eigenvalue weighted by atomic mass is 10.1. The second-order valence-corrected chi connectivity index (χ2v) is 18.1. The number of hydrogen-bond acceptors (Lipinski definition) is 6. The van der Waals surface area contributed by atoms with Gasteiger partial charge in [0.25, 0.3) is 0 Å². The number of ether oxygens (including phenoxy) is 3. The monoisotopic (exact) mass is 919 g/mol. The van der Waals surface area contributed by atoms with Gasteiger partial charge in [-0.3, -0.25) is 14.4 Å². The topological polar surface area (TPSA) is 78.9 Å². The van der Waals surface area contributed by atoms with Crippen LogP contribution in [0.1, 0.15) is 258 Å². The number of carbonyl (C=O) groups excluding carboxylic acids is 3. The highest BCUT2D eigenvalue weighted by Crippen LogP contribution is 2.14. The van der Waals surface area contributed by atoms with E-state index in [0.29, 0.717) is 19.3 Å². The summed E-state index contributed by atoms with van der Waals surface area (Å²) in [6, 6.07) is 0. The first kappa shape index (κ1) is 62.6. The Morgan fingerprint density at radius 1 is 0.318 bits per heavy atom. The number of carbonyl (C=O) groups is 3. The molecule has 0 aliphatic rings. The Hall–Kier alpha value is -3.41. The Morgan fingerprint density at radius 3 is 0.955 bits per heavy atom. The fraction of sp³-hybridized carbons (Fsp3) is 0.717. The number of allylic oxidation sites excluding steroid dienone is 14. The van der Waals surface area contributed by atoms with E-state index in [9.17, 15) is 14.4 Å². The summed E-state index contributed by atoms with van der Waals surface area (Å²) in [5.41, 5.74) is 0. The zero-order chi connectivity index (χ0) is 47.9. The van der Waals surface area contributed by atoms with Gasteiger partial charge in [0.15, 0.2) is 6.10 Å². The lowest BCUT2D eigenvalue weighted by molar-refractivity contribution is -0.167. The molecule has 0 aliphatic heterocycles. The molecule has 1 unspecified atom stereocenters. The molecule has 0 radical (unpaired) electrons. The predicted octanol–water partition coefficient (Wildman–Crippen LogP) is 18.4. The number of unbranched alkanes of at least 4 members (excludes halogenated alkanes) is 24. The molecule has 0 spiro atoms. The Bertz CT molecular complexity index is 1290. The van der Waals surface area contributed by atoms with Crippen LogP contribution in [-0.2, 0) is 28.6 Å². The minimum absolute atomic E-state index is 0.0849. The average Bonchev–Trinajstić information content (AvgIpc) is 3.31. The molecule has 0 aromatic carbocycles. The van der Waals surface area contributed by atoms with Crippen molar-refractivity contribution in [2.45, 2.75) is 264 Å². The summed E-state index contributed by atoms with van der Waals surface area (Å²) in [6.45, 7) is 6.47. The van der Waals surface area contributed by atoms with Crippen molar-refractivity contribution in [1.82, 2.24) is 0 Å². The van der Waals surface area contributed by atoms with Gasteiger partial charge in [-0.05, 0) is 96.3 Å². The second-order valence-electron chi connectivity index (χ2n) is 18.1. The van der Waals surface area contributed by atoms with Crippen LogP contribution in [-0.4, -0.2) is 37.2 Å². The van der Waals surface area contributed by atoms with Crippen LogP contribution < -0.4 is 0 Å². The molecule has 0 amide bonds. The smallest absolute Gasteiger partial charge is 0.306 e. The summed E-state index contributed by atoms with van der Waals surface area (Å²) < 4.78 is 16.8. The predicted molar refractivity (Wildman–Crippen MR) is 284 cm³/mol. The van der Waals surface area contributed by atoms with E-state index in [2.05, 4.69) is 106 Å². The third kappa shape index (κ3) is 51.6. The van der Waals surface area contributed by atoms with Crippen LogP contribution in [0.2, 0.25) is 0 Å². The summed E-state index contributed by atoms with van der Waals surface area (Å²) in [6.07, 6.45) is 69.9. The summed E-state index contributed by atoms with van der Waals surface area (Å²) in [4.78, 5) is 38.0. The molecule has 0 saturated carbocycles. The number of hydrogen-bond donors (Lipinski definition) is 0. The highest BCUT2D eigenvalue weighted by Gasteiger charge is 2.19. The van der Waals surface area contributed by atoms with Gasteiger partial charge in [0.05, 0.1) is 0 Å². The number of esters is 3. The maximum atomic E-state index is 12.8. The van der Waals surface area contributed by atoms with Crippen LogP contribution in [0.3, 0.4) is 0 Å². The zero-order valence-corrected chi connectivity index (χ0v) is 43.2. The van der Waals surface area contributed by atoms with E-state index in [-0.39, 0.29) is 31.1 Å². The van der Waals surface area contributed by atoms with Gasteiger partial charge in [0, 0.05) is 19.3 Å². The van der Waals surface area contributed by atoms with Gasteiger partial charge in [-0.25, -0.2) is 0 Å². The van der Waals surface area contributed by atoms with Gasteiger partial charge in [-0.2, -0.15) is 0 Å². The molecule has 0 rings (SSSR count). The van der Waals surface area contributed by atoms with Crippen LogP contribution in [0.15, 0.2) is 85.1 Å². The Morgan fingerprint density at radius 2 is 0.591 bits per heavy atom. The Balaban J connectivity index is 4.38. The zero-order valence-electron chi connectivity index (χ0n) is 43.2. The highest BCUT2D eigenvalue weighted by atomic mass is 16.6. The first-order valence-electron chi connectivity index (χ1n) is 27.6. The second kappa shape index (κ2) is 54.2. The van der Waals surface area contributed by atoms with Crippen molar-refractivity contribution in [2.24, 2.45) is 0 Å². The minimum Gasteiger partial charge on any atom is -0.462 e. The fourth-order valence-corrected chi connectivity index (χ4v) is 7.50. The Kier molecular flexibility index (Phi) is 51.4. The normalized spacial score (nSPS) is 12.7. The highest BCUT2D eigenvalue weighted by molar-refractivity contribution is 5.71. The van der Waals surface area contributed by atoms with Crippen molar-refractivity contribution in [3.05, 3.63) is 85.1 Å². The molecule has 0 saturated heterocycles. The summed E-state index contributed by atoms with van der Waals surface area (Å²) in [5, 5.41) is 0. The van der Waals surface area contributed by atoms with E-state index in [1.165, 1.54) is 96.3 Å². The maximum absolute atomic E-state index is 12.8. The van der Waals surface area contributed by atoms with Crippen molar-refractivity contribution >= 4 is 17.9 Å². The van der Waals surface area contributed by atoms with Gasteiger partial charge in [0.2, 0.25) is 0 Å². The van der Waals surface area contributed by atoms with Gasteiger partial charge >= 0.3 is 17.9 Å². The fourth-order valence-electron chi connectivity index (χ4n) is 7.50. The Labute approximate surface area is 407 Å². The molecule has 6 heteroatoms. The molecular formula is C60H102O6. The first-order valence-corrected chi connectivity index (χ1v) is 27.6. The van der Waals surface area contributed by atoms with E-state index in [0.717, 1.165) is 122 Å². The lowest BCUT2D eigenvalue weighted by Gasteiger charge is -2.18. The van der Waals surface area contributed by atoms with E-state index in [1.807, 2.05) is 0 Å². The van der Waals surface area contributed by atoms with Crippen LogP contribution >= 0.6 is 0 Å². The molecule has 0 aromatic rings. The van der Waals surface area contributed by atoms with Crippen LogP contribution in [0.25, 0.3) is 0 Å². The van der Waals surface area contributed by atoms with E-state index >= 15 is 0 Å². The quantitative estimate of drug-likeness (QED) is 0.0262. The van der Waals surface area contributed by atoms with E-state index in [4.69, 9.17) is 14.2 Å². The minimum atomic E-state index is -0.787. The molecule has 0 N–H and O–H groups in total. The largest absolute Gasteiger partial charge is 0.462 e. The maximum Gasteiger partial charge on any atom is 0.306 e. The lowest BCUT2D eigenvalue weighted by Crippen LogP contribution is -2.30. The van der Waals surface area contributed by atoms with E-state index < -0.39 is 6.10 Å². The number of rotatable bonds is 49. The first-order chi connectivity index (χ1) is 32.5. The molecule has 66 heavy (non-hydrogen) atoms. The molecule has 0 fully saturated rings. The third-order valence-corrected chi connectivity index (χ3v) is 11.6. The average molecular weight is 919 g/mol. The van der Waals surface area contributed by atoms with Gasteiger partial charge in [0.1, 0.15) is 13.2 Å². The van der Waals surface area contributed by atoms with Crippen molar-refractivity contribution in [3.8, 4) is 0 Å². The van der Waals surface area contributed by atoms with Crippen molar-refractivity contribution in [1.29, 1.82) is 0 Å². The molecular weight excluding hydrogens is 817 g/mol.